The first kappa shape index (κ1) is 13.4. The second-order valence-electron chi connectivity index (χ2n) is 3.13. The van der Waals surface area contributed by atoms with Gasteiger partial charge in [-0.2, -0.15) is 5.26 Å². The Labute approximate surface area is 98.4 Å². The summed E-state index contributed by atoms with van der Waals surface area (Å²) in [6, 6.07) is 1.86. The van der Waals surface area contributed by atoms with Crippen LogP contribution in [0.5, 0.6) is 0 Å². The largest absolute Gasteiger partial charge is 0.481 e. The van der Waals surface area contributed by atoms with Gasteiger partial charge in [-0.3, -0.25) is 14.9 Å². The van der Waals surface area contributed by atoms with Crippen molar-refractivity contribution in [1.29, 1.82) is 5.26 Å². The highest BCUT2D eigenvalue weighted by Gasteiger charge is 2.25. The average Bonchev–Trinajstić information content (AvgIpc) is 2.27. The third kappa shape index (κ3) is 2.73. The van der Waals surface area contributed by atoms with Crippen molar-refractivity contribution in [1.82, 2.24) is 4.98 Å². The van der Waals surface area contributed by atoms with Gasteiger partial charge in [0.1, 0.15) is 11.8 Å². The van der Waals surface area contributed by atoms with Crippen LogP contribution in [0, 0.1) is 21.4 Å². The number of carbonyl (C=O) groups is 1. The summed E-state index contributed by atoms with van der Waals surface area (Å²) < 4.78 is 24.8. The van der Waals surface area contributed by atoms with E-state index >= 15 is 0 Å². The van der Waals surface area contributed by atoms with E-state index in [1.165, 1.54) is 6.07 Å². The molecule has 0 amide bonds. The van der Waals surface area contributed by atoms with Gasteiger partial charge in [0.15, 0.2) is 5.69 Å². The molecule has 0 unspecified atom stereocenters. The van der Waals surface area contributed by atoms with Gasteiger partial charge in [0.25, 0.3) is 12.1 Å². The molecule has 0 radical (unpaired) electrons. The summed E-state index contributed by atoms with van der Waals surface area (Å²) in [6.07, 6.45) is -3.93. The highest BCUT2D eigenvalue weighted by atomic mass is 19.3. The predicted molar refractivity (Wildman–Crippen MR) is 51.9 cm³/mol. The topological polar surface area (TPSA) is 117 Å². The maximum absolute atomic E-state index is 12.4. The van der Waals surface area contributed by atoms with Crippen LogP contribution in [-0.2, 0) is 11.2 Å². The van der Waals surface area contributed by atoms with Crippen LogP contribution in [0.1, 0.15) is 23.4 Å². The number of hydrogen-bond acceptors (Lipinski definition) is 5. The van der Waals surface area contributed by atoms with E-state index in [4.69, 9.17) is 10.4 Å². The minimum Gasteiger partial charge on any atom is -0.481 e. The second kappa shape index (κ2) is 5.13. The number of halogens is 2. The molecule has 0 atom stereocenters. The van der Waals surface area contributed by atoms with Crippen LogP contribution < -0.4 is 0 Å². The molecule has 9 heteroatoms. The fourth-order valence-corrected chi connectivity index (χ4v) is 1.27. The molecular formula is C9H5F2N3O4. The molecule has 1 rings (SSSR count). The molecule has 0 aliphatic heterocycles. The van der Waals surface area contributed by atoms with Crippen molar-refractivity contribution in [2.24, 2.45) is 0 Å². The number of pyridine rings is 1. The molecule has 0 bridgehead atoms. The molecule has 0 aliphatic carbocycles. The Morgan fingerprint density at radius 2 is 2.28 bits per heavy atom. The molecule has 1 N–H and O–H groups in total. The summed E-state index contributed by atoms with van der Waals surface area (Å²) in [5, 5.41) is 27.9. The number of hydrogen-bond donors (Lipinski definition) is 1. The lowest BCUT2D eigenvalue weighted by Crippen LogP contribution is -2.09. The van der Waals surface area contributed by atoms with Crippen LogP contribution in [0.4, 0.5) is 14.5 Å². The molecule has 0 aliphatic rings. The van der Waals surface area contributed by atoms with Crippen molar-refractivity contribution < 1.29 is 23.6 Å². The first-order valence-electron chi connectivity index (χ1n) is 4.45. The van der Waals surface area contributed by atoms with Crippen LogP contribution in [0.2, 0.25) is 0 Å². The van der Waals surface area contributed by atoms with Crippen molar-refractivity contribution in [3.8, 4) is 6.07 Å². The van der Waals surface area contributed by atoms with Crippen LogP contribution in [0.15, 0.2) is 6.07 Å². The van der Waals surface area contributed by atoms with E-state index in [1.807, 2.05) is 0 Å². The molecule has 7 nitrogen and oxygen atoms in total. The SMILES string of the molecule is N#Cc1nc(C(F)F)cc([N+](=O)[O-])c1CC(=O)O. The highest BCUT2D eigenvalue weighted by Crippen LogP contribution is 2.27. The molecule has 0 saturated carbocycles. The van der Waals surface area contributed by atoms with E-state index in [1.54, 1.807) is 0 Å². The second-order valence-corrected chi connectivity index (χ2v) is 3.13. The summed E-state index contributed by atoms with van der Waals surface area (Å²) in [7, 11) is 0. The van der Waals surface area contributed by atoms with Gasteiger partial charge in [0.05, 0.1) is 16.9 Å². The van der Waals surface area contributed by atoms with E-state index in [0.29, 0.717) is 6.07 Å². The predicted octanol–water partition coefficient (Wildman–Crippen LogP) is 1.43. The van der Waals surface area contributed by atoms with Crippen LogP contribution in [-0.4, -0.2) is 21.0 Å². The number of nitriles is 1. The van der Waals surface area contributed by atoms with Crippen LogP contribution in [0.25, 0.3) is 0 Å². The Balaban J connectivity index is 3.52. The number of rotatable bonds is 4. The number of nitrogens with zero attached hydrogens (tertiary/aromatic N) is 3. The van der Waals surface area contributed by atoms with Gasteiger partial charge in [0.2, 0.25) is 0 Å². The standard InChI is InChI=1S/C9H5F2N3O4/c10-9(11)5-2-7(14(17)18)4(1-8(15)16)6(3-12)13-5/h2,9H,1H2,(H,15,16). The summed E-state index contributed by atoms with van der Waals surface area (Å²) in [5.41, 5.74) is -2.95. The Bertz CT molecular complexity index is 553. The Morgan fingerprint density at radius 1 is 1.67 bits per heavy atom. The Morgan fingerprint density at radius 3 is 2.67 bits per heavy atom. The minimum absolute atomic E-state index is 0.476. The van der Waals surface area contributed by atoms with Gasteiger partial charge in [-0.1, -0.05) is 0 Å². The zero-order chi connectivity index (χ0) is 13.9. The summed E-state index contributed by atoms with van der Waals surface area (Å²) >= 11 is 0. The van der Waals surface area contributed by atoms with Gasteiger partial charge in [-0.15, -0.1) is 0 Å². The first-order chi connectivity index (χ1) is 8.36. The molecule has 0 spiro atoms. The lowest BCUT2D eigenvalue weighted by Gasteiger charge is -2.05. The Kier molecular flexibility index (Phi) is 3.83. The van der Waals surface area contributed by atoms with E-state index in [9.17, 15) is 23.7 Å². The fraction of sp³-hybridized carbons (Fsp3) is 0.222. The van der Waals surface area contributed by atoms with Crippen molar-refractivity contribution in [3.05, 3.63) is 33.1 Å². The number of nitro groups is 1. The number of alkyl halides is 2. The van der Waals surface area contributed by atoms with E-state index in [0.717, 1.165) is 0 Å². The molecule has 0 saturated heterocycles. The summed E-state index contributed by atoms with van der Waals surface area (Å²) in [6.45, 7) is 0. The van der Waals surface area contributed by atoms with Crippen LogP contribution >= 0.6 is 0 Å². The maximum atomic E-state index is 12.4. The smallest absolute Gasteiger partial charge is 0.308 e. The van der Waals surface area contributed by atoms with Crippen molar-refractivity contribution >= 4 is 11.7 Å². The number of carboxylic acid groups (broad SMARTS) is 1. The van der Waals surface area contributed by atoms with Crippen molar-refractivity contribution in [2.75, 3.05) is 0 Å². The normalized spacial score (nSPS) is 10.1. The summed E-state index contributed by atoms with van der Waals surface area (Å²) in [5.74, 6) is -1.43. The molecule has 18 heavy (non-hydrogen) atoms. The minimum atomic E-state index is -3.09. The number of aromatic nitrogens is 1. The van der Waals surface area contributed by atoms with Gasteiger partial charge >= 0.3 is 5.97 Å². The summed E-state index contributed by atoms with van der Waals surface area (Å²) in [4.78, 5) is 23.4. The Hall–Kier alpha value is -2.63. The molecule has 1 aromatic heterocycles. The van der Waals surface area contributed by atoms with Gasteiger partial charge in [0, 0.05) is 6.07 Å². The van der Waals surface area contributed by atoms with Gasteiger partial charge in [-0.05, 0) is 0 Å². The molecule has 0 fully saturated rings. The lowest BCUT2D eigenvalue weighted by atomic mass is 10.1. The molecule has 1 heterocycles. The maximum Gasteiger partial charge on any atom is 0.308 e. The first-order valence-corrected chi connectivity index (χ1v) is 4.45. The number of carboxylic acids is 1. The fourth-order valence-electron chi connectivity index (χ4n) is 1.27. The third-order valence-electron chi connectivity index (χ3n) is 1.97. The van der Waals surface area contributed by atoms with Crippen molar-refractivity contribution in [2.45, 2.75) is 12.8 Å². The van der Waals surface area contributed by atoms with E-state index < -0.39 is 46.4 Å². The molecule has 94 valence electrons. The quantitative estimate of drug-likeness (QED) is 0.643. The van der Waals surface area contributed by atoms with E-state index in [-0.39, 0.29) is 0 Å². The molecule has 0 aromatic carbocycles. The molecular weight excluding hydrogens is 252 g/mol. The average molecular weight is 257 g/mol. The molecule has 1 aromatic rings. The van der Waals surface area contributed by atoms with Crippen molar-refractivity contribution in [3.63, 3.8) is 0 Å². The van der Waals surface area contributed by atoms with Gasteiger partial charge in [-0.25, -0.2) is 13.8 Å². The van der Waals surface area contributed by atoms with E-state index in [2.05, 4.69) is 4.98 Å². The van der Waals surface area contributed by atoms with Gasteiger partial charge < -0.3 is 5.11 Å². The number of aliphatic carboxylic acids is 1. The zero-order valence-electron chi connectivity index (χ0n) is 8.63. The highest BCUT2D eigenvalue weighted by molar-refractivity contribution is 5.73. The third-order valence-corrected chi connectivity index (χ3v) is 1.97. The monoisotopic (exact) mass is 257 g/mol. The lowest BCUT2D eigenvalue weighted by molar-refractivity contribution is -0.385. The van der Waals surface area contributed by atoms with Crippen LogP contribution in [0.3, 0.4) is 0 Å². The zero-order valence-corrected chi connectivity index (χ0v) is 8.63.